The van der Waals surface area contributed by atoms with E-state index in [1.165, 1.54) is 0 Å². The molecule has 140 valence electrons. The average Bonchev–Trinajstić information content (AvgIpc) is 3.40. The van der Waals surface area contributed by atoms with Gasteiger partial charge in [-0.25, -0.2) is 4.68 Å². The number of likely N-dealkylation sites (tertiary alicyclic amines) is 1. The number of carbonyl (C=O) groups excluding carboxylic acids is 1. The Kier molecular flexibility index (Phi) is 4.53. The number of furan rings is 1. The van der Waals surface area contributed by atoms with E-state index in [0.29, 0.717) is 11.6 Å². The first-order valence-corrected chi connectivity index (χ1v) is 9.06. The Morgan fingerprint density at radius 1 is 1.30 bits per heavy atom. The number of aryl methyl sites for hydroxylation is 1. The first kappa shape index (κ1) is 17.5. The minimum Gasteiger partial charge on any atom is -0.461 e. The molecule has 1 aliphatic heterocycles. The van der Waals surface area contributed by atoms with Crippen LogP contribution in [0.4, 0.5) is 0 Å². The van der Waals surface area contributed by atoms with Crippen LogP contribution in [-0.4, -0.2) is 63.7 Å². The van der Waals surface area contributed by atoms with E-state index in [0.717, 1.165) is 30.8 Å². The lowest BCUT2D eigenvalue weighted by atomic mass is 10.2. The van der Waals surface area contributed by atoms with Crippen molar-refractivity contribution in [2.24, 2.45) is 0 Å². The third kappa shape index (κ3) is 3.38. The Morgan fingerprint density at radius 3 is 2.81 bits per heavy atom. The van der Waals surface area contributed by atoms with Crippen LogP contribution in [0.2, 0.25) is 0 Å². The molecule has 2 aromatic heterocycles. The van der Waals surface area contributed by atoms with Gasteiger partial charge in [-0.05, 0) is 56.8 Å². The molecule has 7 heteroatoms. The molecule has 3 heterocycles. The van der Waals surface area contributed by atoms with Crippen molar-refractivity contribution in [3.05, 3.63) is 54.0 Å². The first-order chi connectivity index (χ1) is 13.0. The van der Waals surface area contributed by atoms with E-state index in [1.54, 1.807) is 21.9 Å². The predicted octanol–water partition coefficient (Wildman–Crippen LogP) is 2.61. The van der Waals surface area contributed by atoms with E-state index in [1.807, 2.05) is 44.3 Å². The topological polar surface area (TPSA) is 67.4 Å². The van der Waals surface area contributed by atoms with Gasteiger partial charge < -0.3 is 14.2 Å². The lowest BCUT2D eigenvalue weighted by Crippen LogP contribution is -2.39. The van der Waals surface area contributed by atoms with Crippen molar-refractivity contribution in [3.63, 3.8) is 0 Å². The lowest BCUT2D eigenvalue weighted by Gasteiger charge is -2.22. The number of rotatable bonds is 4. The number of aromatic nitrogens is 3. The molecule has 7 nitrogen and oxygen atoms in total. The zero-order chi connectivity index (χ0) is 19.0. The van der Waals surface area contributed by atoms with Gasteiger partial charge in [-0.1, -0.05) is 12.1 Å². The Bertz CT molecular complexity index is 947. The largest absolute Gasteiger partial charge is 0.461 e. The SMILES string of the molecule is Cc1cccc(-n2nc(C(=O)N(C)[C@@H]3CCN(C)C3)nc2-c2ccco2)c1. The normalized spacial score (nSPS) is 17.4. The predicted molar refractivity (Wildman–Crippen MR) is 102 cm³/mol. The highest BCUT2D eigenvalue weighted by atomic mass is 16.3. The molecular weight excluding hydrogens is 342 g/mol. The van der Waals surface area contributed by atoms with E-state index >= 15 is 0 Å². The van der Waals surface area contributed by atoms with Gasteiger partial charge in [0.05, 0.1) is 12.0 Å². The Labute approximate surface area is 158 Å². The van der Waals surface area contributed by atoms with Gasteiger partial charge in [-0.3, -0.25) is 4.79 Å². The molecule has 0 aliphatic carbocycles. The van der Waals surface area contributed by atoms with Crippen LogP contribution in [0, 0.1) is 6.92 Å². The summed E-state index contributed by atoms with van der Waals surface area (Å²) in [5.41, 5.74) is 1.95. The monoisotopic (exact) mass is 365 g/mol. The van der Waals surface area contributed by atoms with Crippen molar-refractivity contribution >= 4 is 5.91 Å². The number of carbonyl (C=O) groups is 1. The molecule has 0 spiro atoms. The molecule has 27 heavy (non-hydrogen) atoms. The van der Waals surface area contributed by atoms with Gasteiger partial charge in [0.2, 0.25) is 5.82 Å². The van der Waals surface area contributed by atoms with E-state index in [9.17, 15) is 4.79 Å². The smallest absolute Gasteiger partial charge is 0.293 e. The second kappa shape index (κ2) is 7.00. The van der Waals surface area contributed by atoms with Crippen LogP contribution in [0.3, 0.4) is 0 Å². The quantitative estimate of drug-likeness (QED) is 0.711. The number of hydrogen-bond acceptors (Lipinski definition) is 5. The van der Waals surface area contributed by atoms with Crippen molar-refractivity contribution in [1.82, 2.24) is 24.6 Å². The van der Waals surface area contributed by atoms with Crippen LogP contribution in [0.25, 0.3) is 17.3 Å². The molecule has 1 aliphatic rings. The van der Waals surface area contributed by atoms with Crippen molar-refractivity contribution < 1.29 is 9.21 Å². The molecule has 0 bridgehead atoms. The zero-order valence-electron chi connectivity index (χ0n) is 15.8. The summed E-state index contributed by atoms with van der Waals surface area (Å²) in [6.07, 6.45) is 2.55. The number of benzene rings is 1. The van der Waals surface area contributed by atoms with Gasteiger partial charge in [-0.2, -0.15) is 4.98 Å². The maximum atomic E-state index is 13.0. The van der Waals surface area contributed by atoms with Gasteiger partial charge >= 0.3 is 0 Å². The second-order valence-electron chi connectivity index (χ2n) is 7.11. The van der Waals surface area contributed by atoms with Gasteiger partial charge in [0, 0.05) is 19.6 Å². The molecular formula is C20H23N5O2. The van der Waals surface area contributed by atoms with E-state index in [2.05, 4.69) is 22.0 Å². The van der Waals surface area contributed by atoms with Gasteiger partial charge in [0.25, 0.3) is 5.91 Å². The van der Waals surface area contributed by atoms with Crippen LogP contribution >= 0.6 is 0 Å². The summed E-state index contributed by atoms with van der Waals surface area (Å²) in [5.74, 6) is 1.10. The number of nitrogens with zero attached hydrogens (tertiary/aromatic N) is 5. The molecule has 0 N–H and O–H groups in total. The van der Waals surface area contributed by atoms with Crippen LogP contribution in [-0.2, 0) is 0 Å². The van der Waals surface area contributed by atoms with Gasteiger partial charge in [0.1, 0.15) is 0 Å². The van der Waals surface area contributed by atoms with Gasteiger partial charge in [-0.15, -0.1) is 5.10 Å². The molecule has 1 atom stereocenters. The number of likely N-dealkylation sites (N-methyl/N-ethyl adjacent to an activating group) is 2. The average molecular weight is 365 g/mol. The van der Waals surface area contributed by atoms with Crippen LogP contribution in [0.5, 0.6) is 0 Å². The summed E-state index contributed by atoms with van der Waals surface area (Å²) in [6, 6.07) is 11.7. The molecule has 0 saturated carbocycles. The van der Waals surface area contributed by atoms with Crippen LogP contribution < -0.4 is 0 Å². The maximum Gasteiger partial charge on any atom is 0.293 e. The second-order valence-corrected chi connectivity index (χ2v) is 7.11. The van der Waals surface area contributed by atoms with Crippen LogP contribution in [0.15, 0.2) is 47.1 Å². The third-order valence-corrected chi connectivity index (χ3v) is 5.02. The highest BCUT2D eigenvalue weighted by Gasteiger charge is 2.30. The molecule has 4 rings (SSSR count). The summed E-state index contributed by atoms with van der Waals surface area (Å²) in [4.78, 5) is 21.5. The summed E-state index contributed by atoms with van der Waals surface area (Å²) >= 11 is 0. The number of hydrogen-bond donors (Lipinski definition) is 0. The van der Waals surface area contributed by atoms with Crippen molar-refractivity contribution in [3.8, 4) is 17.3 Å². The minimum atomic E-state index is -0.172. The molecule has 0 radical (unpaired) electrons. The number of amides is 1. The van der Waals surface area contributed by atoms with Crippen molar-refractivity contribution in [1.29, 1.82) is 0 Å². The van der Waals surface area contributed by atoms with Crippen molar-refractivity contribution in [2.75, 3.05) is 27.2 Å². The fourth-order valence-corrected chi connectivity index (χ4v) is 3.46. The Balaban J connectivity index is 1.72. The van der Waals surface area contributed by atoms with E-state index in [-0.39, 0.29) is 17.8 Å². The molecule has 1 amide bonds. The zero-order valence-corrected chi connectivity index (χ0v) is 15.8. The molecule has 1 aromatic carbocycles. The Hall–Kier alpha value is -2.93. The lowest BCUT2D eigenvalue weighted by molar-refractivity contribution is 0.0725. The van der Waals surface area contributed by atoms with Crippen LogP contribution in [0.1, 0.15) is 22.6 Å². The summed E-state index contributed by atoms with van der Waals surface area (Å²) < 4.78 is 7.20. The minimum absolute atomic E-state index is 0.172. The standard InChI is InChI=1S/C20H23N5O2/c1-14-6-4-7-15(12-14)25-19(17-8-5-11-27-17)21-18(22-25)20(26)24(3)16-9-10-23(2)13-16/h4-8,11-12,16H,9-10,13H2,1-3H3/t16-/m1/s1. The first-order valence-electron chi connectivity index (χ1n) is 9.06. The highest BCUT2D eigenvalue weighted by Crippen LogP contribution is 2.23. The van der Waals surface area contributed by atoms with E-state index in [4.69, 9.17) is 4.42 Å². The third-order valence-electron chi connectivity index (χ3n) is 5.02. The maximum absolute atomic E-state index is 13.0. The summed E-state index contributed by atoms with van der Waals surface area (Å²) in [6.45, 7) is 3.88. The van der Waals surface area contributed by atoms with Gasteiger partial charge in [0.15, 0.2) is 11.6 Å². The summed E-state index contributed by atoms with van der Waals surface area (Å²) in [5, 5.41) is 4.53. The fourth-order valence-electron chi connectivity index (χ4n) is 3.46. The van der Waals surface area contributed by atoms with E-state index < -0.39 is 0 Å². The Morgan fingerprint density at radius 2 is 2.15 bits per heavy atom. The van der Waals surface area contributed by atoms with Crippen molar-refractivity contribution in [2.45, 2.75) is 19.4 Å². The molecule has 0 unspecified atom stereocenters. The fraction of sp³-hybridized carbons (Fsp3) is 0.350. The molecule has 1 saturated heterocycles. The molecule has 3 aromatic rings. The highest BCUT2D eigenvalue weighted by molar-refractivity contribution is 5.91. The summed E-state index contributed by atoms with van der Waals surface area (Å²) in [7, 11) is 3.89. The molecule has 1 fully saturated rings.